The van der Waals surface area contributed by atoms with Gasteiger partial charge < -0.3 is 24.6 Å². The van der Waals surface area contributed by atoms with Gasteiger partial charge in [-0.15, -0.1) is 11.3 Å². The molecule has 5 rings (SSSR count). The Morgan fingerprint density at radius 1 is 1.31 bits per heavy atom. The number of nitrogens with zero attached hydrogens (tertiary/aromatic N) is 4. The Kier molecular flexibility index (Phi) is 7.74. The van der Waals surface area contributed by atoms with Crippen molar-refractivity contribution in [3.63, 3.8) is 0 Å². The molecule has 3 aromatic rings. The molecule has 2 amide bonds. The van der Waals surface area contributed by atoms with E-state index in [0.717, 1.165) is 17.0 Å². The Morgan fingerprint density at radius 3 is 2.79 bits per heavy atom. The van der Waals surface area contributed by atoms with Gasteiger partial charge in [0.25, 0.3) is 15.9 Å². The quantitative estimate of drug-likeness (QED) is 0.442. The van der Waals surface area contributed by atoms with Gasteiger partial charge in [-0.05, 0) is 24.4 Å². The van der Waals surface area contributed by atoms with E-state index in [9.17, 15) is 23.1 Å². The largest absolute Gasteiger partial charge is 0.436 e. The molecule has 0 aliphatic carbocycles. The van der Waals surface area contributed by atoms with Crippen molar-refractivity contribution >= 4 is 54.9 Å². The fraction of sp³-hybridized carbons (Fsp3) is 0.480. The Morgan fingerprint density at radius 2 is 2.08 bits per heavy atom. The van der Waals surface area contributed by atoms with Crippen molar-refractivity contribution in [2.24, 2.45) is 0 Å². The van der Waals surface area contributed by atoms with Gasteiger partial charge >= 0.3 is 5.91 Å². The molecule has 0 radical (unpaired) electrons. The number of aliphatic hydroxyl groups is 1. The van der Waals surface area contributed by atoms with Crippen LogP contribution in [0.25, 0.3) is 10.1 Å². The van der Waals surface area contributed by atoms with E-state index in [1.165, 1.54) is 14.1 Å². The van der Waals surface area contributed by atoms with E-state index in [0.29, 0.717) is 39.4 Å². The molecule has 0 saturated carbocycles. The topological polar surface area (TPSA) is 136 Å². The first kappa shape index (κ1) is 28.0. The smallest absolute Gasteiger partial charge is 0.310 e. The first-order chi connectivity index (χ1) is 18.5. The molecule has 0 spiro atoms. The van der Waals surface area contributed by atoms with Crippen LogP contribution in [0.2, 0.25) is 5.02 Å². The number of halogens is 1. The molecule has 0 bridgehead atoms. The number of carbonyl (C=O) groups excluding carboxylic acids is 2. The molecule has 1 fully saturated rings. The van der Waals surface area contributed by atoms with Gasteiger partial charge in [0.15, 0.2) is 0 Å². The second-order valence-electron chi connectivity index (χ2n) is 10.0. The molecule has 2 N–H and O–H groups in total. The minimum absolute atomic E-state index is 0.0135. The first-order valence-corrected chi connectivity index (χ1v) is 15.2. The van der Waals surface area contributed by atoms with Crippen LogP contribution in [-0.2, 0) is 34.4 Å². The number of oxazole rings is 1. The summed E-state index contributed by atoms with van der Waals surface area (Å²) in [5.41, 5.74) is 1.03. The normalized spacial score (nSPS) is 20.3. The molecule has 1 aromatic carbocycles. The highest BCUT2D eigenvalue weighted by molar-refractivity contribution is 7.91. The zero-order valence-electron chi connectivity index (χ0n) is 21.8. The molecule has 2 aliphatic rings. The lowest BCUT2D eigenvalue weighted by Crippen LogP contribution is -2.57. The Balaban J connectivity index is 1.45. The van der Waals surface area contributed by atoms with Crippen molar-refractivity contribution in [1.82, 2.24) is 24.4 Å². The van der Waals surface area contributed by atoms with E-state index < -0.39 is 28.6 Å². The predicted octanol–water partition coefficient (Wildman–Crippen LogP) is 2.06. The molecule has 210 valence electrons. The Hall–Kier alpha value is -2.55. The summed E-state index contributed by atoms with van der Waals surface area (Å²) in [7, 11) is -0.834. The van der Waals surface area contributed by atoms with Crippen molar-refractivity contribution in [2.75, 3.05) is 33.7 Å². The van der Waals surface area contributed by atoms with E-state index in [4.69, 9.17) is 16.0 Å². The number of piperazine rings is 1. The average molecular weight is 596 g/mol. The van der Waals surface area contributed by atoms with E-state index in [1.54, 1.807) is 32.3 Å². The summed E-state index contributed by atoms with van der Waals surface area (Å²) in [6.45, 7) is 2.01. The first-order valence-electron chi connectivity index (χ1n) is 12.5. The number of aliphatic hydroxyl groups excluding tert-OH is 1. The SMILES string of the molecule is CC1Cc2nc(C(=O)N3CCN(S(=O)(=O)c4sc5cc(Cl)ccc5c4CO)CC3CC(=O)N(C)C)oc2CN1. The van der Waals surface area contributed by atoms with Crippen molar-refractivity contribution in [3.8, 4) is 0 Å². The summed E-state index contributed by atoms with van der Waals surface area (Å²) in [5, 5.41) is 14.4. The number of benzene rings is 1. The van der Waals surface area contributed by atoms with Crippen molar-refractivity contribution in [2.45, 2.75) is 49.2 Å². The number of hydrogen-bond donors (Lipinski definition) is 2. The maximum Gasteiger partial charge on any atom is 0.310 e. The lowest BCUT2D eigenvalue weighted by molar-refractivity contribution is -0.130. The fourth-order valence-electron chi connectivity index (χ4n) is 4.97. The summed E-state index contributed by atoms with van der Waals surface area (Å²) in [6.07, 6.45) is 0.562. The van der Waals surface area contributed by atoms with Gasteiger partial charge in [0.2, 0.25) is 5.91 Å². The summed E-state index contributed by atoms with van der Waals surface area (Å²) < 4.78 is 35.4. The van der Waals surface area contributed by atoms with Crippen LogP contribution in [0.4, 0.5) is 0 Å². The lowest BCUT2D eigenvalue weighted by atomic mass is 10.1. The second-order valence-corrected chi connectivity index (χ2v) is 13.7. The number of rotatable bonds is 6. The highest BCUT2D eigenvalue weighted by Crippen LogP contribution is 2.38. The minimum Gasteiger partial charge on any atom is -0.436 e. The number of hydrogen-bond acceptors (Lipinski definition) is 9. The molecule has 39 heavy (non-hydrogen) atoms. The summed E-state index contributed by atoms with van der Waals surface area (Å²) in [4.78, 5) is 33.6. The lowest BCUT2D eigenvalue weighted by Gasteiger charge is -2.40. The van der Waals surface area contributed by atoms with Crippen LogP contribution in [-0.4, -0.2) is 90.2 Å². The Bertz CT molecular complexity index is 1530. The van der Waals surface area contributed by atoms with Gasteiger partial charge in [-0.2, -0.15) is 4.31 Å². The molecule has 2 atom stereocenters. The number of sulfonamides is 1. The molecule has 11 nitrogen and oxygen atoms in total. The van der Waals surface area contributed by atoms with E-state index in [1.807, 2.05) is 6.92 Å². The van der Waals surface area contributed by atoms with E-state index >= 15 is 0 Å². The fourth-order valence-corrected chi connectivity index (χ4v) is 8.61. The van der Waals surface area contributed by atoms with Crippen molar-refractivity contribution in [3.05, 3.63) is 46.1 Å². The van der Waals surface area contributed by atoms with Gasteiger partial charge in [0.1, 0.15) is 9.97 Å². The van der Waals surface area contributed by atoms with Crippen molar-refractivity contribution in [1.29, 1.82) is 0 Å². The highest BCUT2D eigenvalue weighted by Gasteiger charge is 2.41. The summed E-state index contributed by atoms with van der Waals surface area (Å²) in [5.74, 6) is -0.161. The van der Waals surface area contributed by atoms with Crippen LogP contribution in [0.15, 0.2) is 26.8 Å². The van der Waals surface area contributed by atoms with E-state index in [-0.39, 0.29) is 48.1 Å². The third-order valence-corrected chi connectivity index (χ3v) is 11.0. The van der Waals surface area contributed by atoms with Crippen LogP contribution >= 0.6 is 22.9 Å². The van der Waals surface area contributed by atoms with Gasteiger partial charge in [-0.1, -0.05) is 17.7 Å². The molecular formula is C25H30ClN5O6S2. The molecule has 4 heterocycles. The van der Waals surface area contributed by atoms with Crippen LogP contribution < -0.4 is 5.32 Å². The number of carbonyl (C=O) groups is 2. The third-order valence-electron chi connectivity index (χ3n) is 7.14. The number of nitrogens with one attached hydrogen (secondary N) is 1. The molecule has 1 saturated heterocycles. The third kappa shape index (κ3) is 5.31. The minimum atomic E-state index is -4.05. The van der Waals surface area contributed by atoms with E-state index in [2.05, 4.69) is 10.3 Å². The standard InChI is InChI=1S/C25H30ClN5O6S2/c1-14-8-19-20(11-27-14)37-23(28-19)24(34)31-7-6-30(12-16(31)10-22(33)29(2)3)39(35,36)25-18(13-32)17-5-4-15(26)9-21(17)38-25/h4-5,9,14,16,27,32H,6-8,10-13H2,1-3H3. The monoisotopic (exact) mass is 595 g/mol. The van der Waals surface area contributed by atoms with Gasteiger partial charge in [-0.3, -0.25) is 9.59 Å². The average Bonchev–Trinajstić information content (AvgIpc) is 3.49. The molecule has 2 aliphatic heterocycles. The van der Waals surface area contributed by atoms with Crippen LogP contribution in [0.1, 0.15) is 41.0 Å². The predicted molar refractivity (Wildman–Crippen MR) is 146 cm³/mol. The van der Waals surface area contributed by atoms with Crippen molar-refractivity contribution < 1.29 is 27.5 Å². The molecular weight excluding hydrogens is 566 g/mol. The van der Waals surface area contributed by atoms with Crippen LogP contribution in [0.5, 0.6) is 0 Å². The zero-order chi connectivity index (χ0) is 28.1. The summed E-state index contributed by atoms with van der Waals surface area (Å²) in [6, 6.07) is 4.48. The number of amides is 2. The zero-order valence-corrected chi connectivity index (χ0v) is 24.2. The summed E-state index contributed by atoms with van der Waals surface area (Å²) >= 11 is 7.15. The van der Waals surface area contributed by atoms with Gasteiger partial charge in [-0.25, -0.2) is 13.4 Å². The number of fused-ring (bicyclic) bond motifs is 2. The molecule has 2 aromatic heterocycles. The maximum absolute atomic E-state index is 13.9. The van der Waals surface area contributed by atoms with Gasteiger partial charge in [0, 0.05) is 67.9 Å². The molecule has 2 unspecified atom stereocenters. The highest BCUT2D eigenvalue weighted by atomic mass is 35.5. The Labute approximate surface area is 235 Å². The number of aromatic nitrogens is 1. The maximum atomic E-state index is 13.9. The number of thiophene rings is 1. The molecule has 14 heteroatoms. The second kappa shape index (κ2) is 10.8. The van der Waals surface area contributed by atoms with Gasteiger partial charge in [0.05, 0.1) is 24.9 Å². The van der Waals surface area contributed by atoms with Crippen LogP contribution in [0, 0.1) is 0 Å². The van der Waals surface area contributed by atoms with Crippen LogP contribution in [0.3, 0.4) is 0 Å².